The molecule has 0 atom stereocenters. The second-order valence-corrected chi connectivity index (χ2v) is 6.59. The van der Waals surface area contributed by atoms with Crippen molar-refractivity contribution in [2.75, 3.05) is 6.26 Å². The normalized spacial score (nSPS) is 11.7. The molecule has 0 saturated carbocycles. The van der Waals surface area contributed by atoms with Crippen molar-refractivity contribution in [2.45, 2.75) is 4.90 Å². The molecule has 0 aliphatic heterocycles. The fourth-order valence-corrected chi connectivity index (χ4v) is 2.73. The van der Waals surface area contributed by atoms with E-state index in [1.165, 1.54) is 6.26 Å². The molecule has 0 bridgehead atoms. The zero-order valence-corrected chi connectivity index (χ0v) is 11.6. The van der Waals surface area contributed by atoms with Gasteiger partial charge in [-0.15, -0.1) is 5.10 Å². The Kier molecular flexibility index (Phi) is 2.99. The monoisotopic (exact) mass is 284 g/mol. The molecule has 0 fully saturated rings. The Hall–Kier alpha value is -2.27. The van der Waals surface area contributed by atoms with Gasteiger partial charge in [0.2, 0.25) is 0 Å². The Morgan fingerprint density at radius 1 is 0.950 bits per heavy atom. The van der Waals surface area contributed by atoms with E-state index in [0.717, 1.165) is 22.0 Å². The van der Waals surface area contributed by atoms with Gasteiger partial charge in [0.1, 0.15) is 5.69 Å². The lowest BCUT2D eigenvalue weighted by atomic mass is 10.1. The Morgan fingerprint density at radius 3 is 2.35 bits per heavy atom. The molecule has 0 saturated heterocycles. The number of hydrogen-bond donors (Lipinski definition) is 0. The van der Waals surface area contributed by atoms with Crippen LogP contribution in [0.15, 0.2) is 59.6 Å². The van der Waals surface area contributed by atoms with Gasteiger partial charge >= 0.3 is 0 Å². The van der Waals surface area contributed by atoms with Crippen molar-refractivity contribution >= 4 is 20.6 Å². The molecule has 0 aliphatic rings. The molecule has 0 aliphatic carbocycles. The number of hydrogen-bond acceptors (Lipinski definition) is 4. The van der Waals surface area contributed by atoms with Crippen LogP contribution in [-0.2, 0) is 9.84 Å². The first kappa shape index (κ1) is 12.7. The van der Waals surface area contributed by atoms with Crippen molar-refractivity contribution in [1.29, 1.82) is 0 Å². The molecule has 4 nitrogen and oxygen atoms in total. The van der Waals surface area contributed by atoms with Gasteiger partial charge in [0.05, 0.1) is 11.1 Å². The molecule has 0 N–H and O–H groups in total. The zero-order valence-electron chi connectivity index (χ0n) is 10.8. The lowest BCUT2D eigenvalue weighted by Crippen LogP contribution is -1.96. The van der Waals surface area contributed by atoms with Crippen LogP contribution in [0.4, 0.5) is 0 Å². The average Bonchev–Trinajstić information content (AvgIpc) is 2.46. The Balaban J connectivity index is 2.17. The standard InChI is InChI=1S/C15H12N2O2S/c1-20(18,19)13-8-6-11(7-9-13)15-14-5-3-2-4-12(14)10-16-17-15/h2-10H,1H3. The quantitative estimate of drug-likeness (QED) is 0.726. The van der Waals surface area contributed by atoms with Gasteiger partial charge in [-0.2, -0.15) is 5.10 Å². The second kappa shape index (κ2) is 4.68. The van der Waals surface area contributed by atoms with Crippen molar-refractivity contribution < 1.29 is 8.42 Å². The first-order valence-corrected chi connectivity index (χ1v) is 7.96. The molecule has 100 valence electrons. The van der Waals surface area contributed by atoms with E-state index in [1.54, 1.807) is 30.5 Å². The molecule has 0 radical (unpaired) electrons. The van der Waals surface area contributed by atoms with Crippen LogP contribution in [0.25, 0.3) is 22.0 Å². The van der Waals surface area contributed by atoms with Gasteiger partial charge in [-0.1, -0.05) is 36.4 Å². The van der Waals surface area contributed by atoms with Crippen molar-refractivity contribution in [2.24, 2.45) is 0 Å². The van der Waals surface area contributed by atoms with E-state index < -0.39 is 9.84 Å². The van der Waals surface area contributed by atoms with Crippen molar-refractivity contribution in [3.05, 3.63) is 54.7 Å². The summed E-state index contributed by atoms with van der Waals surface area (Å²) in [4.78, 5) is 0.300. The number of benzene rings is 2. The largest absolute Gasteiger partial charge is 0.224 e. The van der Waals surface area contributed by atoms with E-state index in [9.17, 15) is 8.42 Å². The molecule has 1 heterocycles. The third-order valence-electron chi connectivity index (χ3n) is 3.13. The number of fused-ring (bicyclic) bond motifs is 1. The molecular formula is C15H12N2O2S. The minimum atomic E-state index is -3.18. The van der Waals surface area contributed by atoms with Gasteiger partial charge in [-0.05, 0) is 12.1 Å². The van der Waals surface area contributed by atoms with Crippen LogP contribution in [0, 0.1) is 0 Å². The van der Waals surface area contributed by atoms with E-state index in [0.29, 0.717) is 4.90 Å². The highest BCUT2D eigenvalue weighted by Gasteiger charge is 2.09. The van der Waals surface area contributed by atoms with Crippen molar-refractivity contribution in [3.8, 4) is 11.3 Å². The highest BCUT2D eigenvalue weighted by atomic mass is 32.2. The van der Waals surface area contributed by atoms with Gasteiger partial charge < -0.3 is 0 Å². The molecule has 2 aromatic carbocycles. The Labute approximate surface area is 117 Å². The minimum Gasteiger partial charge on any atom is -0.224 e. The van der Waals surface area contributed by atoms with Crippen molar-refractivity contribution in [3.63, 3.8) is 0 Å². The van der Waals surface area contributed by atoms with E-state index >= 15 is 0 Å². The number of nitrogens with zero attached hydrogens (tertiary/aromatic N) is 2. The molecule has 3 aromatic rings. The molecule has 0 unspecified atom stereocenters. The van der Waals surface area contributed by atoms with E-state index in [1.807, 2.05) is 24.3 Å². The predicted octanol–water partition coefficient (Wildman–Crippen LogP) is 2.70. The summed E-state index contributed by atoms with van der Waals surface area (Å²) in [5.74, 6) is 0. The van der Waals surface area contributed by atoms with Crippen molar-refractivity contribution in [1.82, 2.24) is 10.2 Å². The summed E-state index contributed by atoms with van der Waals surface area (Å²) in [7, 11) is -3.18. The number of sulfone groups is 1. The van der Waals surface area contributed by atoms with E-state index in [4.69, 9.17) is 0 Å². The maximum absolute atomic E-state index is 11.5. The van der Waals surface area contributed by atoms with Gasteiger partial charge in [0, 0.05) is 22.6 Å². The van der Waals surface area contributed by atoms with E-state index in [2.05, 4.69) is 10.2 Å². The first-order chi connectivity index (χ1) is 9.55. The Morgan fingerprint density at radius 2 is 1.65 bits per heavy atom. The maximum Gasteiger partial charge on any atom is 0.175 e. The third kappa shape index (κ3) is 2.28. The van der Waals surface area contributed by atoms with Crippen LogP contribution in [-0.4, -0.2) is 24.9 Å². The van der Waals surface area contributed by atoms with Gasteiger partial charge in [0.25, 0.3) is 0 Å². The molecule has 0 amide bonds. The predicted molar refractivity (Wildman–Crippen MR) is 78.1 cm³/mol. The topological polar surface area (TPSA) is 59.9 Å². The Bertz CT molecular complexity index is 867. The first-order valence-electron chi connectivity index (χ1n) is 6.06. The summed E-state index contributed by atoms with van der Waals surface area (Å²) in [5, 5.41) is 10.2. The summed E-state index contributed by atoms with van der Waals surface area (Å²) >= 11 is 0. The molecule has 3 rings (SSSR count). The van der Waals surface area contributed by atoms with Gasteiger partial charge in [-0.25, -0.2) is 8.42 Å². The van der Waals surface area contributed by atoms with Crippen LogP contribution in [0.2, 0.25) is 0 Å². The second-order valence-electron chi connectivity index (χ2n) is 4.58. The van der Waals surface area contributed by atoms with Gasteiger partial charge in [-0.3, -0.25) is 0 Å². The lowest BCUT2D eigenvalue weighted by Gasteiger charge is -2.05. The summed E-state index contributed by atoms with van der Waals surface area (Å²) in [5.41, 5.74) is 1.60. The van der Waals surface area contributed by atoms with E-state index in [-0.39, 0.29) is 0 Å². The molecule has 0 spiro atoms. The highest BCUT2D eigenvalue weighted by Crippen LogP contribution is 2.26. The van der Waals surface area contributed by atoms with Crippen LogP contribution in [0.1, 0.15) is 0 Å². The van der Waals surface area contributed by atoms with Gasteiger partial charge in [0.15, 0.2) is 9.84 Å². The summed E-state index contributed by atoms with van der Waals surface area (Å²) in [6.45, 7) is 0. The molecular weight excluding hydrogens is 272 g/mol. The third-order valence-corrected chi connectivity index (χ3v) is 4.25. The minimum absolute atomic E-state index is 0.300. The number of rotatable bonds is 2. The average molecular weight is 284 g/mol. The molecule has 1 aromatic heterocycles. The van der Waals surface area contributed by atoms with Crippen LogP contribution >= 0.6 is 0 Å². The molecule has 20 heavy (non-hydrogen) atoms. The van der Waals surface area contributed by atoms with Crippen LogP contribution in [0.3, 0.4) is 0 Å². The fourth-order valence-electron chi connectivity index (χ4n) is 2.10. The number of aromatic nitrogens is 2. The maximum atomic E-state index is 11.5. The fraction of sp³-hybridized carbons (Fsp3) is 0.0667. The smallest absolute Gasteiger partial charge is 0.175 e. The summed E-state index contributed by atoms with van der Waals surface area (Å²) in [6, 6.07) is 14.5. The SMILES string of the molecule is CS(=O)(=O)c1ccc(-c2nncc3ccccc23)cc1. The lowest BCUT2D eigenvalue weighted by molar-refractivity contribution is 0.602. The highest BCUT2D eigenvalue weighted by molar-refractivity contribution is 7.90. The zero-order chi connectivity index (χ0) is 14.2. The summed E-state index contributed by atoms with van der Waals surface area (Å²) < 4.78 is 22.9. The van der Waals surface area contributed by atoms with Crippen LogP contribution < -0.4 is 0 Å². The summed E-state index contributed by atoms with van der Waals surface area (Å²) in [6.07, 6.45) is 2.91. The molecule has 5 heteroatoms. The van der Waals surface area contributed by atoms with Crippen LogP contribution in [0.5, 0.6) is 0 Å².